The van der Waals surface area contributed by atoms with Crippen molar-refractivity contribution in [3.05, 3.63) is 18.2 Å². The molecule has 1 aliphatic heterocycles. The molecule has 1 aliphatic rings. The first-order chi connectivity index (χ1) is 8.63. The Kier molecular flexibility index (Phi) is 4.05. The molecule has 1 aromatic carbocycles. The number of aliphatic hydroxyl groups is 1. The van der Waals surface area contributed by atoms with Crippen LogP contribution in [0.3, 0.4) is 0 Å². The summed E-state index contributed by atoms with van der Waals surface area (Å²) in [5, 5.41) is 8.62. The summed E-state index contributed by atoms with van der Waals surface area (Å²) in [6.45, 7) is 1.03. The molecule has 0 amide bonds. The molecule has 0 saturated carbocycles. The number of fused-ring (bicyclic) bond motifs is 1. The Morgan fingerprint density at radius 3 is 2.67 bits per heavy atom. The highest BCUT2D eigenvalue weighted by Crippen LogP contribution is 2.32. The molecule has 0 atom stereocenters. The highest BCUT2D eigenvalue weighted by molar-refractivity contribution is 7.89. The highest BCUT2D eigenvalue weighted by atomic mass is 32.2. The van der Waals surface area contributed by atoms with Crippen LogP contribution >= 0.6 is 0 Å². The number of rotatable bonds is 5. The van der Waals surface area contributed by atoms with Crippen LogP contribution < -0.4 is 14.2 Å². The number of aliphatic hydroxyl groups excluding tert-OH is 1. The lowest BCUT2D eigenvalue weighted by molar-refractivity contribution is 0.171. The molecular formula is C11H15NO5S. The van der Waals surface area contributed by atoms with Crippen LogP contribution in [0.1, 0.15) is 6.42 Å². The van der Waals surface area contributed by atoms with E-state index in [2.05, 4.69) is 4.72 Å². The van der Waals surface area contributed by atoms with Crippen molar-refractivity contribution in [1.29, 1.82) is 0 Å². The van der Waals surface area contributed by atoms with Crippen LogP contribution in [0, 0.1) is 0 Å². The third kappa shape index (κ3) is 2.92. The first-order valence-electron chi connectivity index (χ1n) is 5.63. The first-order valence-corrected chi connectivity index (χ1v) is 7.12. The maximum Gasteiger partial charge on any atom is 0.240 e. The van der Waals surface area contributed by atoms with Gasteiger partial charge in [0.05, 0.1) is 4.90 Å². The zero-order valence-electron chi connectivity index (χ0n) is 9.76. The molecule has 0 aromatic heterocycles. The van der Waals surface area contributed by atoms with Gasteiger partial charge in [-0.15, -0.1) is 0 Å². The van der Waals surface area contributed by atoms with Crippen molar-refractivity contribution in [2.24, 2.45) is 0 Å². The highest BCUT2D eigenvalue weighted by Gasteiger charge is 2.18. The van der Waals surface area contributed by atoms with Crippen LogP contribution in [-0.2, 0) is 10.0 Å². The Bertz CT molecular complexity index is 514. The molecule has 0 unspecified atom stereocenters. The van der Waals surface area contributed by atoms with Crippen LogP contribution in [0.5, 0.6) is 11.5 Å². The smallest absolute Gasteiger partial charge is 0.240 e. The van der Waals surface area contributed by atoms with Gasteiger partial charge in [-0.3, -0.25) is 0 Å². The normalized spacial score (nSPS) is 14.5. The lowest BCUT2D eigenvalue weighted by Crippen LogP contribution is -2.25. The third-order valence-electron chi connectivity index (χ3n) is 2.45. The Hall–Kier alpha value is -1.31. The summed E-state index contributed by atoms with van der Waals surface area (Å²) < 4.78 is 36.9. The summed E-state index contributed by atoms with van der Waals surface area (Å²) in [7, 11) is -3.56. The van der Waals surface area contributed by atoms with Gasteiger partial charge in [0.15, 0.2) is 11.5 Å². The second-order valence-electron chi connectivity index (χ2n) is 3.78. The van der Waals surface area contributed by atoms with Crippen LogP contribution in [0.4, 0.5) is 0 Å². The van der Waals surface area contributed by atoms with Gasteiger partial charge >= 0.3 is 0 Å². The van der Waals surface area contributed by atoms with E-state index in [1.807, 2.05) is 0 Å². The van der Waals surface area contributed by atoms with Gasteiger partial charge in [0.2, 0.25) is 10.0 Å². The van der Waals surface area contributed by atoms with Crippen LogP contribution in [0.2, 0.25) is 0 Å². The van der Waals surface area contributed by atoms with Crippen molar-refractivity contribution in [3.8, 4) is 11.5 Å². The van der Waals surface area contributed by atoms with E-state index in [0.29, 0.717) is 31.1 Å². The van der Waals surface area contributed by atoms with Crippen molar-refractivity contribution in [2.75, 3.05) is 26.4 Å². The second-order valence-corrected chi connectivity index (χ2v) is 5.55. The van der Waals surface area contributed by atoms with Crippen molar-refractivity contribution < 1.29 is 23.0 Å². The number of hydrogen-bond donors (Lipinski definition) is 2. The molecular weight excluding hydrogens is 258 g/mol. The molecule has 100 valence electrons. The number of ether oxygens (including phenoxy) is 2. The fourth-order valence-corrected chi connectivity index (χ4v) is 2.65. The van der Waals surface area contributed by atoms with Crippen LogP contribution in [-0.4, -0.2) is 39.9 Å². The number of nitrogens with one attached hydrogen (secondary N) is 1. The minimum atomic E-state index is -3.56. The van der Waals surface area contributed by atoms with E-state index in [1.165, 1.54) is 12.1 Å². The summed E-state index contributed by atoms with van der Waals surface area (Å²) in [5.74, 6) is 0.988. The SMILES string of the molecule is O=S(=O)(NCCCO)c1ccc2c(c1)OCCO2. The van der Waals surface area contributed by atoms with Gasteiger partial charge in [-0.25, -0.2) is 13.1 Å². The number of benzene rings is 1. The zero-order chi connectivity index (χ0) is 13.0. The molecule has 0 saturated heterocycles. The summed E-state index contributed by atoms with van der Waals surface area (Å²) in [4.78, 5) is 0.129. The largest absolute Gasteiger partial charge is 0.486 e. The average Bonchev–Trinajstić information content (AvgIpc) is 2.38. The lowest BCUT2D eigenvalue weighted by Gasteiger charge is -2.18. The first kappa shape index (κ1) is 13.1. The maximum absolute atomic E-state index is 11.9. The van der Waals surface area contributed by atoms with Crippen LogP contribution in [0.15, 0.2) is 23.1 Å². The van der Waals surface area contributed by atoms with E-state index in [1.54, 1.807) is 6.07 Å². The molecule has 2 N–H and O–H groups in total. The second kappa shape index (κ2) is 5.55. The maximum atomic E-state index is 11.9. The molecule has 6 nitrogen and oxygen atoms in total. The van der Waals surface area contributed by atoms with E-state index in [-0.39, 0.29) is 18.0 Å². The Morgan fingerprint density at radius 1 is 1.22 bits per heavy atom. The van der Waals surface area contributed by atoms with Crippen molar-refractivity contribution in [3.63, 3.8) is 0 Å². The quantitative estimate of drug-likeness (QED) is 0.744. The van der Waals surface area contributed by atoms with Gasteiger partial charge in [0, 0.05) is 19.2 Å². The topological polar surface area (TPSA) is 84.9 Å². The Morgan fingerprint density at radius 2 is 1.94 bits per heavy atom. The molecule has 0 aliphatic carbocycles. The summed E-state index contributed by atoms with van der Waals surface area (Å²) >= 11 is 0. The van der Waals surface area contributed by atoms with Gasteiger partial charge in [-0.2, -0.15) is 0 Å². The molecule has 2 rings (SSSR count). The van der Waals surface area contributed by atoms with E-state index < -0.39 is 10.0 Å². The monoisotopic (exact) mass is 273 g/mol. The number of hydrogen-bond acceptors (Lipinski definition) is 5. The van der Waals surface area contributed by atoms with Crippen molar-refractivity contribution >= 4 is 10.0 Å². The minimum Gasteiger partial charge on any atom is -0.486 e. The van der Waals surface area contributed by atoms with Gasteiger partial charge in [-0.05, 0) is 18.6 Å². The van der Waals surface area contributed by atoms with Gasteiger partial charge in [0.25, 0.3) is 0 Å². The van der Waals surface area contributed by atoms with E-state index in [0.717, 1.165) is 0 Å². The van der Waals surface area contributed by atoms with E-state index in [4.69, 9.17) is 14.6 Å². The molecule has 0 spiro atoms. The fourth-order valence-electron chi connectivity index (χ4n) is 1.56. The molecule has 7 heteroatoms. The third-order valence-corrected chi connectivity index (χ3v) is 3.91. The molecule has 1 aromatic rings. The van der Waals surface area contributed by atoms with E-state index >= 15 is 0 Å². The summed E-state index contributed by atoms with van der Waals surface area (Å²) in [5.41, 5.74) is 0. The van der Waals surface area contributed by atoms with E-state index in [9.17, 15) is 8.42 Å². The molecule has 1 heterocycles. The summed E-state index contributed by atoms with van der Waals surface area (Å²) in [6, 6.07) is 4.49. The molecule has 0 fully saturated rings. The lowest BCUT2D eigenvalue weighted by atomic mass is 10.3. The molecule has 0 radical (unpaired) electrons. The summed E-state index contributed by atoms with van der Waals surface area (Å²) in [6.07, 6.45) is 0.379. The van der Waals surface area contributed by atoms with Crippen molar-refractivity contribution in [1.82, 2.24) is 4.72 Å². The molecule has 18 heavy (non-hydrogen) atoms. The zero-order valence-corrected chi connectivity index (χ0v) is 10.6. The molecule has 0 bridgehead atoms. The predicted molar refractivity (Wildman–Crippen MR) is 64.3 cm³/mol. The minimum absolute atomic E-state index is 0.0519. The Labute approximate surface area is 106 Å². The predicted octanol–water partition coefficient (Wildman–Crippen LogP) is 0.118. The number of sulfonamides is 1. The fraction of sp³-hybridized carbons (Fsp3) is 0.455. The van der Waals surface area contributed by atoms with Gasteiger partial charge < -0.3 is 14.6 Å². The standard InChI is InChI=1S/C11H15NO5S/c13-5-1-4-12-18(14,15)9-2-3-10-11(8-9)17-7-6-16-10/h2-3,8,12-13H,1,4-7H2. The van der Waals surface area contributed by atoms with Gasteiger partial charge in [0.1, 0.15) is 13.2 Å². The average molecular weight is 273 g/mol. The van der Waals surface area contributed by atoms with Crippen LogP contribution in [0.25, 0.3) is 0 Å². The van der Waals surface area contributed by atoms with Crippen molar-refractivity contribution in [2.45, 2.75) is 11.3 Å². The van der Waals surface area contributed by atoms with Gasteiger partial charge in [-0.1, -0.05) is 0 Å². The Balaban J connectivity index is 2.17.